The van der Waals surface area contributed by atoms with Crippen molar-refractivity contribution in [2.45, 2.75) is 6.92 Å². The molecule has 0 bridgehead atoms. The van der Waals surface area contributed by atoms with Crippen molar-refractivity contribution < 1.29 is 13.9 Å². The molecule has 0 radical (unpaired) electrons. The van der Waals surface area contributed by atoms with Gasteiger partial charge in [-0.05, 0) is 43.3 Å². The molecule has 2 aromatic heterocycles. The van der Waals surface area contributed by atoms with E-state index < -0.39 is 0 Å². The highest BCUT2D eigenvalue weighted by Gasteiger charge is 2.14. The number of pyridine rings is 1. The first-order valence-corrected chi connectivity index (χ1v) is 6.90. The van der Waals surface area contributed by atoms with Crippen LogP contribution in [0.5, 0.6) is 5.75 Å². The van der Waals surface area contributed by atoms with E-state index in [4.69, 9.17) is 4.42 Å². The number of hydrogen-bond donors (Lipinski definition) is 1. The lowest BCUT2D eigenvalue weighted by Gasteiger charge is -2.02. The van der Waals surface area contributed by atoms with E-state index in [9.17, 15) is 9.50 Å². The molecule has 108 valence electrons. The Kier molecular flexibility index (Phi) is 2.66. The molecule has 4 aromatic rings. The zero-order chi connectivity index (χ0) is 15.3. The maximum Gasteiger partial charge on any atom is 0.195 e. The lowest BCUT2D eigenvalue weighted by molar-refractivity contribution is 0.468. The van der Waals surface area contributed by atoms with Crippen molar-refractivity contribution in [2.75, 3.05) is 0 Å². The topological polar surface area (TPSA) is 46.3 Å². The van der Waals surface area contributed by atoms with Gasteiger partial charge in [0.05, 0.1) is 5.69 Å². The van der Waals surface area contributed by atoms with Crippen LogP contribution in [-0.4, -0.2) is 10.1 Å². The number of rotatable bonds is 1. The van der Waals surface area contributed by atoms with Gasteiger partial charge >= 0.3 is 0 Å². The molecule has 0 amide bonds. The normalized spacial score (nSPS) is 11.4. The summed E-state index contributed by atoms with van der Waals surface area (Å²) in [6.07, 6.45) is 0. The summed E-state index contributed by atoms with van der Waals surface area (Å²) >= 11 is 0. The maximum atomic E-state index is 13.1. The van der Waals surface area contributed by atoms with Crippen LogP contribution in [0.2, 0.25) is 0 Å². The van der Waals surface area contributed by atoms with Crippen LogP contribution < -0.4 is 0 Å². The minimum Gasteiger partial charge on any atom is -0.504 e. The van der Waals surface area contributed by atoms with Crippen molar-refractivity contribution in [3.63, 3.8) is 0 Å². The molecule has 1 N–H and O–H groups in total. The summed E-state index contributed by atoms with van der Waals surface area (Å²) in [5, 5.41) is 11.1. The van der Waals surface area contributed by atoms with Gasteiger partial charge in [0.25, 0.3) is 0 Å². The molecule has 0 saturated carbocycles. The summed E-state index contributed by atoms with van der Waals surface area (Å²) in [7, 11) is 0. The summed E-state index contributed by atoms with van der Waals surface area (Å²) in [6.45, 7) is 1.99. The van der Waals surface area contributed by atoms with Gasteiger partial charge in [-0.25, -0.2) is 9.37 Å². The molecule has 0 saturated heterocycles. The molecular formula is C18H12FNO2. The molecule has 2 heterocycles. The largest absolute Gasteiger partial charge is 0.504 e. The SMILES string of the molecule is Cc1ccc2oc3c(O)cc(-c4ccc(F)cc4)nc3c2c1. The Labute approximate surface area is 125 Å². The van der Waals surface area contributed by atoms with Gasteiger partial charge in [0.2, 0.25) is 0 Å². The Hall–Kier alpha value is -2.88. The first-order valence-electron chi connectivity index (χ1n) is 6.90. The molecule has 0 spiro atoms. The fourth-order valence-corrected chi connectivity index (χ4v) is 2.60. The van der Waals surface area contributed by atoms with Crippen LogP contribution in [0, 0.1) is 12.7 Å². The number of hydrogen-bond acceptors (Lipinski definition) is 3. The van der Waals surface area contributed by atoms with Gasteiger partial charge in [-0.15, -0.1) is 0 Å². The second kappa shape index (κ2) is 4.56. The van der Waals surface area contributed by atoms with Gasteiger partial charge in [0.1, 0.15) is 16.9 Å². The molecule has 2 aromatic carbocycles. The third kappa shape index (κ3) is 1.92. The predicted molar refractivity (Wildman–Crippen MR) is 83.3 cm³/mol. The van der Waals surface area contributed by atoms with Crippen LogP contribution >= 0.6 is 0 Å². The second-order valence-electron chi connectivity index (χ2n) is 5.31. The highest BCUT2D eigenvalue weighted by molar-refractivity contribution is 6.05. The number of halogens is 1. The molecule has 4 heteroatoms. The van der Waals surface area contributed by atoms with Crippen molar-refractivity contribution >= 4 is 22.1 Å². The number of aromatic hydroxyl groups is 1. The maximum absolute atomic E-state index is 13.1. The Morgan fingerprint density at radius 2 is 1.82 bits per heavy atom. The van der Waals surface area contributed by atoms with Gasteiger partial charge in [-0.3, -0.25) is 0 Å². The van der Waals surface area contributed by atoms with Crippen LogP contribution in [0.25, 0.3) is 33.3 Å². The lowest BCUT2D eigenvalue weighted by atomic mass is 10.1. The van der Waals surface area contributed by atoms with E-state index in [0.29, 0.717) is 22.4 Å². The molecule has 3 nitrogen and oxygen atoms in total. The van der Waals surface area contributed by atoms with E-state index in [1.807, 2.05) is 25.1 Å². The van der Waals surface area contributed by atoms with Crippen molar-refractivity contribution in [3.05, 3.63) is 59.9 Å². The van der Waals surface area contributed by atoms with Gasteiger partial charge < -0.3 is 9.52 Å². The average Bonchev–Trinajstić information content (AvgIpc) is 2.87. The van der Waals surface area contributed by atoms with Gasteiger partial charge in [0.15, 0.2) is 11.3 Å². The second-order valence-corrected chi connectivity index (χ2v) is 5.31. The smallest absolute Gasteiger partial charge is 0.195 e. The van der Waals surface area contributed by atoms with Crippen LogP contribution in [0.15, 0.2) is 52.9 Å². The van der Waals surface area contributed by atoms with Crippen molar-refractivity contribution in [1.82, 2.24) is 4.98 Å². The highest BCUT2D eigenvalue weighted by Crippen LogP contribution is 2.36. The summed E-state index contributed by atoms with van der Waals surface area (Å²) < 4.78 is 18.7. The van der Waals surface area contributed by atoms with E-state index in [2.05, 4.69) is 4.98 Å². The Balaban J connectivity index is 2.03. The third-order valence-corrected chi connectivity index (χ3v) is 3.70. The fraction of sp³-hybridized carbons (Fsp3) is 0.0556. The molecule has 0 fully saturated rings. The quantitative estimate of drug-likeness (QED) is 0.548. The minimum absolute atomic E-state index is 0.0261. The number of fused-ring (bicyclic) bond motifs is 3. The Morgan fingerprint density at radius 3 is 2.59 bits per heavy atom. The zero-order valence-electron chi connectivity index (χ0n) is 11.8. The molecule has 4 rings (SSSR count). The van der Waals surface area contributed by atoms with Crippen LogP contribution in [0.1, 0.15) is 5.56 Å². The number of aryl methyl sites for hydroxylation is 1. The molecule has 0 unspecified atom stereocenters. The minimum atomic E-state index is -0.307. The average molecular weight is 293 g/mol. The van der Waals surface area contributed by atoms with Gasteiger partial charge in [-0.1, -0.05) is 11.6 Å². The number of furan rings is 1. The molecular weight excluding hydrogens is 281 g/mol. The van der Waals surface area contributed by atoms with Gasteiger partial charge in [0, 0.05) is 17.0 Å². The van der Waals surface area contributed by atoms with Crippen molar-refractivity contribution in [2.24, 2.45) is 0 Å². The van der Waals surface area contributed by atoms with Crippen molar-refractivity contribution in [3.8, 4) is 17.0 Å². The standard InChI is InChI=1S/C18H12FNO2/c1-10-2-7-16-13(8-10)17-18(22-16)15(21)9-14(20-17)11-3-5-12(19)6-4-11/h2-9H,1H3,(H,20,21). The highest BCUT2D eigenvalue weighted by atomic mass is 19.1. The van der Waals surface area contributed by atoms with E-state index in [-0.39, 0.29) is 11.6 Å². The molecule has 22 heavy (non-hydrogen) atoms. The van der Waals surface area contributed by atoms with E-state index in [1.165, 1.54) is 18.2 Å². The van der Waals surface area contributed by atoms with Crippen LogP contribution in [0.3, 0.4) is 0 Å². The number of benzene rings is 2. The summed E-state index contributed by atoms with van der Waals surface area (Å²) in [6, 6.07) is 13.3. The van der Waals surface area contributed by atoms with E-state index >= 15 is 0 Å². The molecule has 0 atom stereocenters. The van der Waals surface area contributed by atoms with Crippen LogP contribution in [-0.2, 0) is 0 Å². The first-order chi connectivity index (χ1) is 10.6. The van der Waals surface area contributed by atoms with Crippen molar-refractivity contribution in [1.29, 1.82) is 0 Å². The number of aromatic nitrogens is 1. The first kappa shape index (κ1) is 12.8. The van der Waals surface area contributed by atoms with Crippen LogP contribution in [0.4, 0.5) is 4.39 Å². The van der Waals surface area contributed by atoms with E-state index in [0.717, 1.165) is 16.5 Å². The fourth-order valence-electron chi connectivity index (χ4n) is 2.60. The summed E-state index contributed by atoms with van der Waals surface area (Å²) in [5.74, 6) is -0.281. The Bertz CT molecular complexity index is 1000. The van der Waals surface area contributed by atoms with Gasteiger partial charge in [-0.2, -0.15) is 0 Å². The number of nitrogens with zero attached hydrogens (tertiary/aromatic N) is 1. The lowest BCUT2D eigenvalue weighted by Crippen LogP contribution is -1.85. The third-order valence-electron chi connectivity index (χ3n) is 3.70. The summed E-state index contributed by atoms with van der Waals surface area (Å²) in [4.78, 5) is 4.59. The monoisotopic (exact) mass is 293 g/mol. The predicted octanol–water partition coefficient (Wildman–Crippen LogP) is 4.80. The van der Waals surface area contributed by atoms with E-state index in [1.54, 1.807) is 12.1 Å². The molecule has 0 aliphatic heterocycles. The summed E-state index contributed by atoms with van der Waals surface area (Å²) in [5.41, 5.74) is 4.06. The molecule has 0 aliphatic rings. The molecule has 0 aliphatic carbocycles. The Morgan fingerprint density at radius 1 is 1.05 bits per heavy atom. The zero-order valence-corrected chi connectivity index (χ0v) is 11.8.